The van der Waals surface area contributed by atoms with E-state index in [0.29, 0.717) is 27.1 Å². The third-order valence-electron chi connectivity index (χ3n) is 4.10. The highest BCUT2D eigenvalue weighted by atomic mass is 35.5. The fourth-order valence-corrected chi connectivity index (χ4v) is 2.81. The molecule has 0 atom stereocenters. The van der Waals surface area contributed by atoms with Crippen LogP contribution in [0, 0.1) is 6.92 Å². The molecule has 27 heavy (non-hydrogen) atoms. The van der Waals surface area contributed by atoms with E-state index in [4.69, 9.17) is 20.8 Å². The smallest absolute Gasteiger partial charge is 0.336 e. The van der Waals surface area contributed by atoms with E-state index >= 15 is 0 Å². The number of aryl methyl sites for hydroxylation is 1. The van der Waals surface area contributed by atoms with Crippen molar-refractivity contribution in [1.29, 1.82) is 0 Å². The van der Waals surface area contributed by atoms with Crippen LogP contribution in [0.3, 0.4) is 0 Å². The van der Waals surface area contributed by atoms with Crippen molar-refractivity contribution in [3.8, 4) is 0 Å². The fourth-order valence-electron chi connectivity index (χ4n) is 2.68. The normalized spacial score (nSPS) is 10.7. The Labute approximate surface area is 160 Å². The first-order valence-corrected chi connectivity index (χ1v) is 8.78. The van der Waals surface area contributed by atoms with Gasteiger partial charge in [-0.15, -0.1) is 0 Å². The maximum absolute atomic E-state index is 12.1. The highest BCUT2D eigenvalue weighted by molar-refractivity contribution is 6.30. The molecule has 3 aromatic rings. The number of ether oxygens (including phenoxy) is 1. The standard InChI is InChI=1S/C21H17ClO5/c1-13-2-7-17-15(11-21(25)27-19(17)10-13)12-26-20(24)9-8-18(23)14-3-5-16(22)6-4-14/h2-7,10-11H,8-9,12H2,1H3. The van der Waals surface area contributed by atoms with Crippen molar-refractivity contribution >= 4 is 34.3 Å². The van der Waals surface area contributed by atoms with Crippen molar-refractivity contribution in [2.75, 3.05) is 0 Å². The van der Waals surface area contributed by atoms with Gasteiger partial charge in [0.2, 0.25) is 0 Å². The van der Waals surface area contributed by atoms with Gasteiger partial charge in [-0.25, -0.2) is 4.79 Å². The molecule has 0 aliphatic heterocycles. The van der Waals surface area contributed by atoms with Gasteiger partial charge in [0.05, 0.1) is 6.42 Å². The van der Waals surface area contributed by atoms with Gasteiger partial charge in [-0.05, 0) is 42.8 Å². The number of carbonyl (C=O) groups excluding carboxylic acids is 2. The Kier molecular flexibility index (Phi) is 5.72. The van der Waals surface area contributed by atoms with E-state index < -0.39 is 11.6 Å². The van der Waals surface area contributed by atoms with Crippen LogP contribution in [0.15, 0.2) is 57.7 Å². The maximum atomic E-state index is 12.1. The number of benzene rings is 2. The topological polar surface area (TPSA) is 73.6 Å². The summed E-state index contributed by atoms with van der Waals surface area (Å²) in [5.41, 5.74) is 1.97. The SMILES string of the molecule is Cc1ccc2c(COC(=O)CCC(=O)c3ccc(Cl)cc3)cc(=O)oc2c1. The van der Waals surface area contributed by atoms with Crippen LogP contribution in [0.2, 0.25) is 5.02 Å². The van der Waals surface area contributed by atoms with E-state index in [2.05, 4.69) is 0 Å². The summed E-state index contributed by atoms with van der Waals surface area (Å²) in [4.78, 5) is 35.8. The van der Waals surface area contributed by atoms with E-state index in [1.54, 1.807) is 30.3 Å². The molecule has 0 fully saturated rings. The number of carbonyl (C=O) groups is 2. The fraction of sp³-hybridized carbons (Fsp3) is 0.190. The number of halogens is 1. The lowest BCUT2D eigenvalue weighted by molar-refractivity contribution is -0.144. The molecule has 5 nitrogen and oxygen atoms in total. The molecule has 2 aromatic carbocycles. The molecule has 0 aliphatic rings. The summed E-state index contributed by atoms with van der Waals surface area (Å²) in [6.07, 6.45) is -0.00270. The maximum Gasteiger partial charge on any atom is 0.336 e. The molecule has 0 radical (unpaired) electrons. The lowest BCUT2D eigenvalue weighted by Gasteiger charge is -2.08. The van der Waals surface area contributed by atoms with E-state index in [1.165, 1.54) is 6.07 Å². The third kappa shape index (κ3) is 4.83. The summed E-state index contributed by atoms with van der Waals surface area (Å²) in [6.45, 7) is 1.84. The Bertz CT molecular complexity index is 1050. The van der Waals surface area contributed by atoms with Crippen molar-refractivity contribution in [1.82, 2.24) is 0 Å². The Morgan fingerprint density at radius 2 is 1.78 bits per heavy atom. The molecule has 0 spiro atoms. The molecular formula is C21H17ClO5. The second-order valence-corrected chi connectivity index (χ2v) is 6.62. The largest absolute Gasteiger partial charge is 0.461 e. The summed E-state index contributed by atoms with van der Waals surface area (Å²) >= 11 is 5.79. The van der Waals surface area contributed by atoms with Crippen molar-refractivity contribution in [2.45, 2.75) is 26.4 Å². The Morgan fingerprint density at radius 3 is 2.52 bits per heavy atom. The zero-order valence-electron chi connectivity index (χ0n) is 14.7. The number of ketones is 1. The van der Waals surface area contributed by atoms with Crippen molar-refractivity contribution in [3.63, 3.8) is 0 Å². The molecule has 0 saturated heterocycles. The van der Waals surface area contributed by atoms with Gasteiger partial charge in [-0.2, -0.15) is 0 Å². The summed E-state index contributed by atoms with van der Waals surface area (Å²) in [5, 5.41) is 1.26. The van der Waals surface area contributed by atoms with Crippen LogP contribution in [-0.4, -0.2) is 11.8 Å². The summed E-state index contributed by atoms with van der Waals surface area (Å²) in [6, 6.07) is 13.3. The van der Waals surface area contributed by atoms with E-state index in [0.717, 1.165) is 5.56 Å². The van der Waals surface area contributed by atoms with Gasteiger partial charge in [-0.3, -0.25) is 9.59 Å². The molecule has 1 heterocycles. The van der Waals surface area contributed by atoms with Crippen LogP contribution in [-0.2, 0) is 16.1 Å². The van der Waals surface area contributed by atoms with E-state index in [-0.39, 0.29) is 25.2 Å². The number of fused-ring (bicyclic) bond motifs is 1. The number of Topliss-reactive ketones (excluding diaryl/α,β-unsaturated/α-hetero) is 1. The minimum atomic E-state index is -0.509. The van der Waals surface area contributed by atoms with Gasteiger partial charge in [-0.1, -0.05) is 23.7 Å². The molecule has 0 aliphatic carbocycles. The number of rotatable bonds is 6. The van der Waals surface area contributed by atoms with Crippen LogP contribution in [0.25, 0.3) is 11.0 Å². The first-order valence-electron chi connectivity index (χ1n) is 8.40. The molecular weight excluding hydrogens is 368 g/mol. The van der Waals surface area contributed by atoms with Crippen molar-refractivity contribution < 1.29 is 18.7 Å². The molecule has 0 amide bonds. The predicted molar refractivity (Wildman–Crippen MR) is 102 cm³/mol. The monoisotopic (exact) mass is 384 g/mol. The summed E-state index contributed by atoms with van der Waals surface area (Å²) in [5.74, 6) is -0.671. The van der Waals surface area contributed by atoms with Crippen LogP contribution < -0.4 is 5.63 Å². The predicted octanol–water partition coefficient (Wildman–Crippen LogP) is 4.46. The van der Waals surface area contributed by atoms with Crippen molar-refractivity contribution in [2.24, 2.45) is 0 Å². The lowest BCUT2D eigenvalue weighted by Crippen LogP contribution is -2.10. The average Bonchev–Trinajstić information content (AvgIpc) is 2.64. The third-order valence-corrected chi connectivity index (χ3v) is 4.35. The molecule has 0 bridgehead atoms. The number of hydrogen-bond donors (Lipinski definition) is 0. The van der Waals surface area contributed by atoms with Crippen LogP contribution in [0.4, 0.5) is 0 Å². The van der Waals surface area contributed by atoms with Crippen molar-refractivity contribution in [3.05, 3.63) is 80.7 Å². The quantitative estimate of drug-likeness (QED) is 0.356. The van der Waals surface area contributed by atoms with Gasteiger partial charge < -0.3 is 9.15 Å². The van der Waals surface area contributed by atoms with Gasteiger partial charge >= 0.3 is 11.6 Å². The molecule has 1 aromatic heterocycles. The number of hydrogen-bond acceptors (Lipinski definition) is 5. The van der Waals surface area contributed by atoms with Gasteiger partial charge in [0.1, 0.15) is 12.2 Å². The van der Waals surface area contributed by atoms with E-state index in [9.17, 15) is 14.4 Å². The second-order valence-electron chi connectivity index (χ2n) is 6.18. The Morgan fingerprint density at radius 1 is 1.04 bits per heavy atom. The molecule has 3 rings (SSSR count). The summed E-state index contributed by atoms with van der Waals surface area (Å²) < 4.78 is 10.4. The molecule has 138 valence electrons. The first-order chi connectivity index (χ1) is 12.9. The Hall–Kier alpha value is -2.92. The first kappa shape index (κ1) is 18.9. The van der Waals surface area contributed by atoms with Gasteiger partial charge in [0.25, 0.3) is 0 Å². The van der Waals surface area contributed by atoms with Gasteiger partial charge in [0.15, 0.2) is 5.78 Å². The summed E-state index contributed by atoms with van der Waals surface area (Å²) in [7, 11) is 0. The zero-order chi connectivity index (χ0) is 19.4. The van der Waals surface area contributed by atoms with E-state index in [1.807, 2.05) is 19.1 Å². The second kappa shape index (κ2) is 8.18. The molecule has 6 heteroatoms. The van der Waals surface area contributed by atoms with Crippen LogP contribution in [0.1, 0.15) is 34.3 Å². The zero-order valence-corrected chi connectivity index (χ0v) is 15.4. The highest BCUT2D eigenvalue weighted by Gasteiger charge is 2.12. The lowest BCUT2D eigenvalue weighted by atomic mass is 10.1. The minimum absolute atomic E-state index is 0.0390. The average molecular weight is 385 g/mol. The van der Waals surface area contributed by atoms with Crippen LogP contribution >= 0.6 is 11.6 Å². The molecule has 0 saturated carbocycles. The van der Waals surface area contributed by atoms with Crippen LogP contribution in [0.5, 0.6) is 0 Å². The highest BCUT2D eigenvalue weighted by Crippen LogP contribution is 2.19. The molecule has 0 unspecified atom stereocenters. The number of esters is 1. The molecule has 0 N–H and O–H groups in total. The van der Waals surface area contributed by atoms with Gasteiger partial charge in [0, 0.05) is 34.0 Å². The minimum Gasteiger partial charge on any atom is -0.461 e. The Balaban J connectivity index is 1.61.